The molecule has 1 unspecified atom stereocenters. The molecule has 21 heavy (non-hydrogen) atoms. The van der Waals surface area contributed by atoms with Crippen LogP contribution in [0.25, 0.3) is 0 Å². The van der Waals surface area contributed by atoms with E-state index in [0.717, 1.165) is 6.08 Å². The van der Waals surface area contributed by atoms with Crippen LogP contribution in [0, 0.1) is 0 Å². The van der Waals surface area contributed by atoms with Crippen molar-refractivity contribution in [1.82, 2.24) is 0 Å². The lowest BCUT2D eigenvalue weighted by molar-refractivity contribution is -0.254. The molecule has 7 heteroatoms. The quantitative estimate of drug-likeness (QED) is 0.353. The van der Waals surface area contributed by atoms with Crippen LogP contribution in [0.2, 0.25) is 0 Å². The molecule has 0 aliphatic carbocycles. The van der Waals surface area contributed by atoms with Crippen molar-refractivity contribution in [3.8, 4) is 0 Å². The molecule has 112 valence electrons. The Morgan fingerprint density at radius 2 is 1.90 bits per heavy atom. The average Bonchev–Trinajstić information content (AvgIpc) is 2.46. The first-order valence-corrected chi connectivity index (χ1v) is 5.95. The summed E-state index contributed by atoms with van der Waals surface area (Å²) in [6.07, 6.45) is 0.337. The molecule has 0 spiro atoms. The van der Waals surface area contributed by atoms with E-state index in [2.05, 4.69) is 16.4 Å². The van der Waals surface area contributed by atoms with Crippen LogP contribution in [0.1, 0.15) is 27.6 Å². The monoisotopic (exact) mass is 294 g/mol. The third kappa shape index (κ3) is 5.07. The standard InChI is InChI=1S/C14H14O7/c1-3-12(15)20-9(2)8-19-21-14(18)11-7-5-4-6-10(11)13(16)17/h3-7,9H,1,8H2,2H3,(H,16,17). The normalized spacial score (nSPS) is 11.3. The second kappa shape index (κ2) is 7.81. The number of benzene rings is 1. The van der Waals surface area contributed by atoms with Crippen LogP contribution in [-0.2, 0) is 19.3 Å². The number of aromatic carboxylic acids is 1. The number of hydrogen-bond donors (Lipinski definition) is 1. The Bertz CT molecular complexity index is 550. The first-order chi connectivity index (χ1) is 9.95. The van der Waals surface area contributed by atoms with E-state index in [1.807, 2.05) is 0 Å². The van der Waals surface area contributed by atoms with Gasteiger partial charge in [0, 0.05) is 6.08 Å². The molecule has 0 heterocycles. The predicted octanol–water partition coefficient (Wildman–Crippen LogP) is 1.59. The summed E-state index contributed by atoms with van der Waals surface area (Å²) in [5, 5.41) is 8.94. The van der Waals surface area contributed by atoms with Gasteiger partial charge in [-0.3, -0.25) is 4.89 Å². The summed E-state index contributed by atoms with van der Waals surface area (Å²) in [7, 11) is 0. The van der Waals surface area contributed by atoms with Crippen molar-refractivity contribution < 1.29 is 34.0 Å². The summed E-state index contributed by atoms with van der Waals surface area (Å²) < 4.78 is 4.78. The van der Waals surface area contributed by atoms with Crippen molar-refractivity contribution >= 4 is 17.9 Å². The van der Waals surface area contributed by atoms with Crippen molar-refractivity contribution in [2.45, 2.75) is 13.0 Å². The van der Waals surface area contributed by atoms with Gasteiger partial charge < -0.3 is 9.84 Å². The van der Waals surface area contributed by atoms with E-state index >= 15 is 0 Å². The topological polar surface area (TPSA) is 99.1 Å². The number of rotatable bonds is 7. The summed E-state index contributed by atoms with van der Waals surface area (Å²) in [6.45, 7) is 4.57. The molecular formula is C14H14O7. The molecule has 0 fully saturated rings. The molecule has 1 aromatic rings. The summed E-state index contributed by atoms with van der Waals surface area (Å²) >= 11 is 0. The summed E-state index contributed by atoms with van der Waals surface area (Å²) in [6, 6.07) is 5.55. The molecule has 1 N–H and O–H groups in total. The molecule has 0 aromatic heterocycles. The van der Waals surface area contributed by atoms with Crippen LogP contribution in [0.3, 0.4) is 0 Å². The lowest BCUT2D eigenvalue weighted by Gasteiger charge is -2.11. The molecule has 0 amide bonds. The van der Waals surface area contributed by atoms with Gasteiger partial charge in [0.05, 0.1) is 11.1 Å². The Labute approximate surface area is 120 Å². The lowest BCUT2D eigenvalue weighted by atomic mass is 10.1. The van der Waals surface area contributed by atoms with Crippen LogP contribution in [0.5, 0.6) is 0 Å². The van der Waals surface area contributed by atoms with Gasteiger partial charge in [-0.15, -0.1) is 0 Å². The zero-order valence-corrected chi connectivity index (χ0v) is 11.3. The Morgan fingerprint density at radius 1 is 1.29 bits per heavy atom. The highest BCUT2D eigenvalue weighted by Crippen LogP contribution is 2.10. The van der Waals surface area contributed by atoms with Gasteiger partial charge in [0.25, 0.3) is 0 Å². The van der Waals surface area contributed by atoms with E-state index in [1.165, 1.54) is 31.2 Å². The van der Waals surface area contributed by atoms with E-state index < -0.39 is 24.0 Å². The Hall–Kier alpha value is -2.67. The zero-order valence-electron chi connectivity index (χ0n) is 11.3. The van der Waals surface area contributed by atoms with Crippen LogP contribution in [0.4, 0.5) is 0 Å². The number of carboxylic acids is 1. The van der Waals surface area contributed by atoms with Crippen molar-refractivity contribution in [3.05, 3.63) is 48.0 Å². The number of carboxylic acid groups (broad SMARTS) is 1. The lowest BCUT2D eigenvalue weighted by Crippen LogP contribution is -2.21. The number of carbonyl (C=O) groups excluding carboxylic acids is 2. The van der Waals surface area contributed by atoms with Crippen molar-refractivity contribution in [1.29, 1.82) is 0 Å². The van der Waals surface area contributed by atoms with Crippen LogP contribution in [0.15, 0.2) is 36.9 Å². The van der Waals surface area contributed by atoms with Crippen LogP contribution < -0.4 is 0 Å². The highest BCUT2D eigenvalue weighted by atomic mass is 17.2. The van der Waals surface area contributed by atoms with Gasteiger partial charge in [0.1, 0.15) is 12.7 Å². The fraction of sp³-hybridized carbons (Fsp3) is 0.214. The van der Waals surface area contributed by atoms with E-state index in [4.69, 9.17) is 9.84 Å². The van der Waals surface area contributed by atoms with Crippen LogP contribution >= 0.6 is 0 Å². The fourth-order valence-corrected chi connectivity index (χ4v) is 1.36. The predicted molar refractivity (Wildman–Crippen MR) is 70.5 cm³/mol. The third-order valence-corrected chi connectivity index (χ3v) is 2.30. The van der Waals surface area contributed by atoms with E-state index in [9.17, 15) is 14.4 Å². The van der Waals surface area contributed by atoms with Crippen molar-refractivity contribution in [3.63, 3.8) is 0 Å². The maximum absolute atomic E-state index is 11.7. The van der Waals surface area contributed by atoms with Gasteiger partial charge in [0.2, 0.25) is 0 Å². The summed E-state index contributed by atoms with van der Waals surface area (Å²) in [5.41, 5.74) is -0.335. The highest BCUT2D eigenvalue weighted by molar-refractivity contribution is 6.02. The average molecular weight is 294 g/mol. The minimum Gasteiger partial charge on any atom is -0.478 e. The summed E-state index contributed by atoms with van der Waals surface area (Å²) in [5.74, 6) is -2.83. The largest absolute Gasteiger partial charge is 0.478 e. The number of ether oxygens (including phenoxy) is 1. The van der Waals surface area contributed by atoms with Gasteiger partial charge >= 0.3 is 17.9 Å². The maximum atomic E-state index is 11.7. The molecular weight excluding hydrogens is 280 g/mol. The minimum atomic E-state index is -1.25. The number of esters is 1. The second-order valence-corrected chi connectivity index (χ2v) is 3.96. The smallest absolute Gasteiger partial charge is 0.373 e. The maximum Gasteiger partial charge on any atom is 0.373 e. The molecule has 0 bridgehead atoms. The first-order valence-electron chi connectivity index (χ1n) is 5.95. The molecule has 0 aliphatic heterocycles. The van der Waals surface area contributed by atoms with E-state index in [-0.39, 0.29) is 17.7 Å². The Balaban J connectivity index is 2.53. The fourth-order valence-electron chi connectivity index (χ4n) is 1.36. The van der Waals surface area contributed by atoms with Gasteiger partial charge in [-0.25, -0.2) is 14.4 Å². The van der Waals surface area contributed by atoms with E-state index in [0.29, 0.717) is 0 Å². The van der Waals surface area contributed by atoms with Crippen molar-refractivity contribution in [2.75, 3.05) is 6.61 Å². The second-order valence-electron chi connectivity index (χ2n) is 3.96. The zero-order chi connectivity index (χ0) is 15.8. The summed E-state index contributed by atoms with van der Waals surface area (Å²) in [4.78, 5) is 42.7. The Morgan fingerprint density at radius 3 is 2.48 bits per heavy atom. The Kier molecular flexibility index (Phi) is 6.09. The molecule has 0 radical (unpaired) electrons. The molecule has 1 atom stereocenters. The molecule has 7 nitrogen and oxygen atoms in total. The molecule has 1 aromatic carbocycles. The van der Waals surface area contributed by atoms with Crippen molar-refractivity contribution in [2.24, 2.45) is 0 Å². The van der Waals surface area contributed by atoms with Crippen LogP contribution in [-0.4, -0.2) is 35.7 Å². The van der Waals surface area contributed by atoms with Gasteiger partial charge in [-0.05, 0) is 19.1 Å². The molecule has 0 saturated carbocycles. The molecule has 1 rings (SSSR count). The van der Waals surface area contributed by atoms with Gasteiger partial charge in [-0.2, -0.15) is 4.89 Å². The third-order valence-electron chi connectivity index (χ3n) is 2.30. The molecule has 0 aliphatic rings. The minimum absolute atomic E-state index is 0.138. The number of hydrogen-bond acceptors (Lipinski definition) is 6. The highest BCUT2D eigenvalue weighted by Gasteiger charge is 2.18. The van der Waals surface area contributed by atoms with Gasteiger partial charge in [0.15, 0.2) is 0 Å². The number of carbonyl (C=O) groups is 3. The molecule has 0 saturated heterocycles. The van der Waals surface area contributed by atoms with Gasteiger partial charge in [-0.1, -0.05) is 18.7 Å². The first kappa shape index (κ1) is 16.4. The SMILES string of the molecule is C=CC(=O)OC(C)COOC(=O)c1ccccc1C(=O)O. The van der Waals surface area contributed by atoms with E-state index in [1.54, 1.807) is 0 Å².